The zero-order valence-electron chi connectivity index (χ0n) is 11.6. The molecule has 4 N–H and O–H groups in total. The van der Waals surface area contributed by atoms with E-state index in [0.717, 1.165) is 22.7 Å². The number of fused-ring (bicyclic) bond motifs is 1. The third-order valence-electron chi connectivity index (χ3n) is 3.27. The second kappa shape index (κ2) is 5.25. The van der Waals surface area contributed by atoms with Gasteiger partial charge in [-0.25, -0.2) is 4.98 Å². The number of aromatic nitrogens is 1. The van der Waals surface area contributed by atoms with Gasteiger partial charge in [0.2, 0.25) is 5.91 Å². The molecule has 0 saturated heterocycles. The summed E-state index contributed by atoms with van der Waals surface area (Å²) in [5, 5.41) is 2.43. The number of thiazole rings is 1. The van der Waals surface area contributed by atoms with Crippen LogP contribution in [0.25, 0.3) is 11.3 Å². The molecule has 1 aliphatic rings. The minimum absolute atomic E-state index is 0.0117. The molecule has 2 aromatic rings. The number of benzene rings is 1. The van der Waals surface area contributed by atoms with Gasteiger partial charge in [0, 0.05) is 10.9 Å². The fourth-order valence-electron chi connectivity index (χ4n) is 2.44. The van der Waals surface area contributed by atoms with E-state index in [0.29, 0.717) is 11.7 Å². The number of carbonyl (C=O) groups is 1. The predicted molar refractivity (Wildman–Crippen MR) is 83.5 cm³/mol. The maximum atomic E-state index is 11.3. The molecule has 2 heterocycles. The molecule has 3 rings (SSSR count). The number of amides is 1. The summed E-state index contributed by atoms with van der Waals surface area (Å²) in [6.07, 6.45) is 0.0117. The van der Waals surface area contributed by atoms with Crippen molar-refractivity contribution in [1.82, 2.24) is 4.98 Å². The third kappa shape index (κ3) is 2.78. The largest absolute Gasteiger partial charge is 0.487 e. The summed E-state index contributed by atoms with van der Waals surface area (Å²) in [6.45, 7) is 2.76. The van der Waals surface area contributed by atoms with Crippen LogP contribution in [0.2, 0.25) is 0 Å². The van der Waals surface area contributed by atoms with E-state index < -0.39 is 0 Å². The number of hydrogen-bond acceptors (Lipinski definition) is 6. The highest BCUT2D eigenvalue weighted by molar-refractivity contribution is 7.13. The van der Waals surface area contributed by atoms with Crippen LogP contribution in [0.15, 0.2) is 23.6 Å². The summed E-state index contributed by atoms with van der Waals surface area (Å²) < 4.78 is 5.80. The summed E-state index contributed by atoms with van der Waals surface area (Å²) in [7, 11) is 0. The molecule has 0 radical (unpaired) electrons. The first kappa shape index (κ1) is 13.7. The predicted octanol–water partition coefficient (Wildman–Crippen LogP) is 1.46. The summed E-state index contributed by atoms with van der Waals surface area (Å²) >= 11 is 1.40. The Morgan fingerprint density at radius 3 is 3.05 bits per heavy atom. The number of ether oxygens (including phenoxy) is 1. The van der Waals surface area contributed by atoms with Gasteiger partial charge in [-0.15, -0.1) is 11.3 Å². The number of rotatable bonds is 3. The first-order chi connectivity index (χ1) is 10.0. The number of nitrogens with zero attached hydrogens (tertiary/aromatic N) is 2. The zero-order chi connectivity index (χ0) is 15.0. The maximum absolute atomic E-state index is 11.3. The lowest BCUT2D eigenvalue weighted by Crippen LogP contribution is -2.42. The van der Waals surface area contributed by atoms with Gasteiger partial charge < -0.3 is 21.1 Å². The zero-order valence-corrected chi connectivity index (χ0v) is 12.4. The Kier molecular flexibility index (Phi) is 3.42. The molecule has 0 bridgehead atoms. The SMILES string of the molecule is CC1CN(CC(N)=O)c2cc(-c3csc(N)n3)ccc2O1. The van der Waals surface area contributed by atoms with E-state index in [-0.39, 0.29) is 18.6 Å². The van der Waals surface area contributed by atoms with E-state index in [1.165, 1.54) is 11.3 Å². The molecular weight excluding hydrogens is 288 g/mol. The minimum Gasteiger partial charge on any atom is -0.487 e. The van der Waals surface area contributed by atoms with E-state index in [1.807, 2.05) is 35.4 Å². The average molecular weight is 304 g/mol. The van der Waals surface area contributed by atoms with Crippen LogP contribution in [-0.2, 0) is 4.79 Å². The van der Waals surface area contributed by atoms with Crippen LogP contribution in [0.3, 0.4) is 0 Å². The lowest BCUT2D eigenvalue weighted by atomic mass is 10.1. The lowest BCUT2D eigenvalue weighted by molar-refractivity contribution is -0.116. The van der Waals surface area contributed by atoms with Crippen molar-refractivity contribution in [3.63, 3.8) is 0 Å². The first-order valence-electron chi connectivity index (χ1n) is 6.58. The van der Waals surface area contributed by atoms with Crippen molar-refractivity contribution in [2.24, 2.45) is 5.73 Å². The number of primary amides is 1. The topological polar surface area (TPSA) is 94.5 Å². The Hall–Kier alpha value is -2.28. The molecule has 0 fully saturated rings. The first-order valence-corrected chi connectivity index (χ1v) is 7.46. The highest BCUT2D eigenvalue weighted by Gasteiger charge is 2.24. The normalized spacial score (nSPS) is 17.2. The molecule has 6 nitrogen and oxygen atoms in total. The Morgan fingerprint density at radius 1 is 1.57 bits per heavy atom. The van der Waals surface area contributed by atoms with Crippen LogP contribution in [-0.4, -0.2) is 30.1 Å². The van der Waals surface area contributed by atoms with Gasteiger partial charge in [-0.3, -0.25) is 4.79 Å². The second-order valence-corrected chi connectivity index (χ2v) is 5.92. The fraction of sp³-hybridized carbons (Fsp3) is 0.286. The van der Waals surface area contributed by atoms with E-state index >= 15 is 0 Å². The third-order valence-corrected chi connectivity index (χ3v) is 3.94. The molecule has 7 heteroatoms. The van der Waals surface area contributed by atoms with Crippen molar-refractivity contribution in [3.8, 4) is 17.0 Å². The standard InChI is InChI=1S/C14H16N4O2S/c1-8-5-18(6-13(15)19)11-4-9(2-3-12(11)20-8)10-7-21-14(16)17-10/h2-4,7-8H,5-6H2,1H3,(H2,15,19)(H2,16,17). The molecule has 1 aromatic carbocycles. The van der Waals surface area contributed by atoms with Crippen molar-refractivity contribution in [2.45, 2.75) is 13.0 Å². The summed E-state index contributed by atoms with van der Waals surface area (Å²) in [4.78, 5) is 17.5. The number of nitrogens with two attached hydrogens (primary N) is 2. The van der Waals surface area contributed by atoms with Crippen molar-refractivity contribution in [1.29, 1.82) is 0 Å². The summed E-state index contributed by atoms with van der Waals surface area (Å²) in [5.74, 6) is 0.389. The van der Waals surface area contributed by atoms with E-state index in [9.17, 15) is 4.79 Å². The van der Waals surface area contributed by atoms with Crippen molar-refractivity contribution >= 4 is 28.1 Å². The van der Waals surface area contributed by atoms with Gasteiger partial charge in [0.1, 0.15) is 11.9 Å². The van der Waals surface area contributed by atoms with E-state index in [4.69, 9.17) is 16.2 Å². The number of nitrogen functional groups attached to an aromatic ring is 1. The molecule has 1 aromatic heterocycles. The van der Waals surface area contributed by atoms with Crippen LogP contribution in [0.4, 0.5) is 10.8 Å². The monoisotopic (exact) mass is 304 g/mol. The van der Waals surface area contributed by atoms with Crippen LogP contribution in [0.1, 0.15) is 6.92 Å². The molecule has 0 spiro atoms. The van der Waals surface area contributed by atoms with Crippen molar-refractivity contribution in [3.05, 3.63) is 23.6 Å². The Morgan fingerprint density at radius 2 is 2.38 bits per heavy atom. The number of anilines is 2. The highest BCUT2D eigenvalue weighted by Crippen LogP contribution is 2.37. The van der Waals surface area contributed by atoms with Crippen molar-refractivity contribution in [2.75, 3.05) is 23.7 Å². The lowest BCUT2D eigenvalue weighted by Gasteiger charge is -2.34. The quantitative estimate of drug-likeness (QED) is 0.895. The Bertz CT molecular complexity index is 685. The molecular formula is C14H16N4O2S. The van der Waals surface area contributed by atoms with Gasteiger partial charge in [0.05, 0.1) is 24.5 Å². The van der Waals surface area contributed by atoms with Gasteiger partial charge in [0.15, 0.2) is 5.13 Å². The van der Waals surface area contributed by atoms with E-state index in [1.54, 1.807) is 0 Å². The molecule has 21 heavy (non-hydrogen) atoms. The van der Waals surface area contributed by atoms with Crippen LogP contribution < -0.4 is 21.1 Å². The Balaban J connectivity index is 2.00. The molecule has 1 amide bonds. The second-order valence-electron chi connectivity index (χ2n) is 5.03. The van der Waals surface area contributed by atoms with Gasteiger partial charge in [0.25, 0.3) is 0 Å². The highest BCUT2D eigenvalue weighted by atomic mass is 32.1. The van der Waals surface area contributed by atoms with Gasteiger partial charge in [-0.1, -0.05) is 0 Å². The average Bonchev–Trinajstić information content (AvgIpc) is 2.84. The van der Waals surface area contributed by atoms with Crippen LogP contribution in [0.5, 0.6) is 5.75 Å². The van der Waals surface area contributed by atoms with E-state index in [2.05, 4.69) is 4.98 Å². The number of carbonyl (C=O) groups excluding carboxylic acids is 1. The molecule has 1 atom stereocenters. The minimum atomic E-state index is -0.363. The maximum Gasteiger partial charge on any atom is 0.236 e. The molecule has 110 valence electrons. The Labute approximate surface area is 126 Å². The van der Waals surface area contributed by atoms with Gasteiger partial charge in [-0.2, -0.15) is 0 Å². The van der Waals surface area contributed by atoms with Crippen LogP contribution in [0, 0.1) is 0 Å². The summed E-state index contributed by atoms with van der Waals surface area (Å²) in [6, 6.07) is 5.79. The van der Waals surface area contributed by atoms with Crippen LogP contribution >= 0.6 is 11.3 Å². The molecule has 1 unspecified atom stereocenters. The van der Waals surface area contributed by atoms with Crippen molar-refractivity contribution < 1.29 is 9.53 Å². The summed E-state index contributed by atoms with van der Waals surface area (Å²) in [5.41, 5.74) is 13.6. The molecule has 1 aliphatic heterocycles. The van der Waals surface area contributed by atoms with Gasteiger partial charge >= 0.3 is 0 Å². The fourth-order valence-corrected chi connectivity index (χ4v) is 3.02. The molecule has 0 aliphatic carbocycles. The molecule has 0 saturated carbocycles. The number of hydrogen-bond donors (Lipinski definition) is 2. The smallest absolute Gasteiger partial charge is 0.236 e. The van der Waals surface area contributed by atoms with Gasteiger partial charge in [-0.05, 0) is 25.1 Å².